The summed E-state index contributed by atoms with van der Waals surface area (Å²) in [4.78, 5) is 0. The number of fused-ring (bicyclic) bond motifs is 1. The van der Waals surface area contributed by atoms with Crippen molar-refractivity contribution >= 4 is 22.6 Å². The summed E-state index contributed by atoms with van der Waals surface area (Å²) in [5.74, 6) is 1.55. The lowest BCUT2D eigenvalue weighted by atomic mass is 10.1. The normalized spacial score (nSPS) is 10.8. The molecular weight excluding hydrogens is 248 g/mol. The number of rotatable bonds is 2. The third-order valence-electron chi connectivity index (χ3n) is 2.87. The van der Waals surface area contributed by atoms with E-state index in [9.17, 15) is 0 Å². The minimum Gasteiger partial charge on any atom is -0.497 e. The van der Waals surface area contributed by atoms with Crippen molar-refractivity contribution in [2.45, 2.75) is 0 Å². The average molecular weight is 259 g/mol. The summed E-state index contributed by atoms with van der Waals surface area (Å²) in [6, 6.07) is 15.4. The molecule has 2 aromatic carbocycles. The molecular formula is C15H11ClO2. The lowest BCUT2D eigenvalue weighted by Gasteiger charge is -1.98. The molecule has 0 aliphatic heterocycles. The Morgan fingerprint density at radius 3 is 2.67 bits per heavy atom. The van der Waals surface area contributed by atoms with Crippen LogP contribution in [-0.4, -0.2) is 7.11 Å². The summed E-state index contributed by atoms with van der Waals surface area (Å²) < 4.78 is 11.0. The van der Waals surface area contributed by atoms with E-state index in [1.807, 2.05) is 48.5 Å². The molecule has 3 aromatic rings. The van der Waals surface area contributed by atoms with Gasteiger partial charge in [0.15, 0.2) is 0 Å². The largest absolute Gasteiger partial charge is 0.497 e. The van der Waals surface area contributed by atoms with Gasteiger partial charge in [-0.15, -0.1) is 0 Å². The number of ether oxygens (including phenoxy) is 1. The molecule has 0 atom stereocenters. The molecule has 0 radical (unpaired) electrons. The number of benzene rings is 2. The van der Waals surface area contributed by atoms with E-state index in [2.05, 4.69) is 0 Å². The minimum absolute atomic E-state index is 0.684. The van der Waals surface area contributed by atoms with Crippen molar-refractivity contribution in [2.24, 2.45) is 0 Å². The number of hydrogen-bond donors (Lipinski definition) is 0. The fourth-order valence-electron chi connectivity index (χ4n) is 1.93. The Morgan fingerprint density at radius 2 is 1.89 bits per heavy atom. The van der Waals surface area contributed by atoms with Gasteiger partial charge >= 0.3 is 0 Å². The Balaban J connectivity index is 2.17. The zero-order valence-electron chi connectivity index (χ0n) is 9.81. The molecule has 0 saturated carbocycles. The van der Waals surface area contributed by atoms with Crippen molar-refractivity contribution < 1.29 is 9.15 Å². The van der Waals surface area contributed by atoms with Crippen molar-refractivity contribution in [1.82, 2.24) is 0 Å². The van der Waals surface area contributed by atoms with Crippen molar-refractivity contribution in [3.05, 3.63) is 53.6 Å². The van der Waals surface area contributed by atoms with Gasteiger partial charge in [-0.1, -0.05) is 23.7 Å². The topological polar surface area (TPSA) is 22.4 Å². The molecule has 3 heteroatoms. The van der Waals surface area contributed by atoms with E-state index in [4.69, 9.17) is 20.8 Å². The zero-order valence-corrected chi connectivity index (χ0v) is 10.6. The molecule has 0 amide bonds. The second-order valence-corrected chi connectivity index (χ2v) is 4.40. The van der Waals surface area contributed by atoms with Crippen LogP contribution in [0.25, 0.3) is 22.3 Å². The molecule has 18 heavy (non-hydrogen) atoms. The van der Waals surface area contributed by atoms with E-state index in [-0.39, 0.29) is 0 Å². The summed E-state index contributed by atoms with van der Waals surface area (Å²) in [6.07, 6.45) is 0. The molecule has 1 heterocycles. The summed E-state index contributed by atoms with van der Waals surface area (Å²) in [6.45, 7) is 0. The van der Waals surface area contributed by atoms with Gasteiger partial charge in [0.2, 0.25) is 0 Å². The van der Waals surface area contributed by atoms with Crippen LogP contribution in [0, 0.1) is 0 Å². The van der Waals surface area contributed by atoms with E-state index >= 15 is 0 Å². The van der Waals surface area contributed by atoms with Gasteiger partial charge in [-0.25, -0.2) is 0 Å². The first-order valence-corrected chi connectivity index (χ1v) is 5.98. The third-order valence-corrected chi connectivity index (χ3v) is 3.20. The summed E-state index contributed by atoms with van der Waals surface area (Å²) in [5.41, 5.74) is 1.69. The molecule has 0 saturated heterocycles. The average Bonchev–Trinajstić information content (AvgIpc) is 2.81. The van der Waals surface area contributed by atoms with Gasteiger partial charge in [0.25, 0.3) is 0 Å². The van der Waals surface area contributed by atoms with Crippen molar-refractivity contribution in [3.8, 4) is 17.1 Å². The van der Waals surface area contributed by atoms with E-state index < -0.39 is 0 Å². The highest BCUT2D eigenvalue weighted by Gasteiger charge is 2.09. The summed E-state index contributed by atoms with van der Waals surface area (Å²) in [5, 5.41) is 1.72. The molecule has 0 spiro atoms. The van der Waals surface area contributed by atoms with Gasteiger partial charge < -0.3 is 9.15 Å². The number of hydrogen-bond acceptors (Lipinski definition) is 2. The van der Waals surface area contributed by atoms with Crippen molar-refractivity contribution in [1.29, 1.82) is 0 Å². The zero-order chi connectivity index (χ0) is 12.5. The standard InChI is InChI=1S/C15H11ClO2/c1-17-11-7-6-10-8-15(18-14(10)9-11)12-4-2-3-5-13(12)16/h2-9H,1H3. The van der Waals surface area contributed by atoms with Crippen molar-refractivity contribution in [2.75, 3.05) is 7.11 Å². The van der Waals surface area contributed by atoms with Crippen LogP contribution in [0.2, 0.25) is 5.02 Å². The van der Waals surface area contributed by atoms with Gasteiger partial charge in [-0.2, -0.15) is 0 Å². The maximum absolute atomic E-state index is 6.16. The van der Waals surface area contributed by atoms with Gasteiger partial charge in [0.05, 0.1) is 12.1 Å². The molecule has 3 rings (SSSR count). The summed E-state index contributed by atoms with van der Waals surface area (Å²) >= 11 is 6.16. The maximum atomic E-state index is 6.16. The predicted molar refractivity (Wildman–Crippen MR) is 73.2 cm³/mol. The highest BCUT2D eigenvalue weighted by atomic mass is 35.5. The Labute approximate surface area is 110 Å². The second kappa shape index (κ2) is 4.39. The quantitative estimate of drug-likeness (QED) is 0.661. The van der Waals surface area contributed by atoms with Crippen LogP contribution in [0.15, 0.2) is 52.9 Å². The smallest absolute Gasteiger partial charge is 0.138 e. The van der Waals surface area contributed by atoms with Gasteiger partial charge in [-0.3, -0.25) is 0 Å². The van der Waals surface area contributed by atoms with Crippen LogP contribution >= 0.6 is 11.6 Å². The van der Waals surface area contributed by atoms with Crippen molar-refractivity contribution in [3.63, 3.8) is 0 Å². The predicted octanol–water partition coefficient (Wildman–Crippen LogP) is 4.76. The second-order valence-electron chi connectivity index (χ2n) is 3.99. The lowest BCUT2D eigenvalue weighted by Crippen LogP contribution is -1.79. The number of halogens is 1. The summed E-state index contributed by atoms with van der Waals surface area (Å²) in [7, 11) is 1.64. The maximum Gasteiger partial charge on any atom is 0.138 e. The molecule has 0 fully saturated rings. The SMILES string of the molecule is COc1ccc2cc(-c3ccccc3Cl)oc2c1. The Kier molecular flexibility index (Phi) is 2.73. The van der Waals surface area contributed by atoms with Crippen LogP contribution in [0.4, 0.5) is 0 Å². The molecule has 0 aliphatic rings. The van der Waals surface area contributed by atoms with Gasteiger partial charge in [0, 0.05) is 17.0 Å². The molecule has 2 nitrogen and oxygen atoms in total. The monoisotopic (exact) mass is 258 g/mol. The molecule has 0 bridgehead atoms. The molecule has 0 N–H and O–H groups in total. The fourth-order valence-corrected chi connectivity index (χ4v) is 2.16. The van der Waals surface area contributed by atoms with E-state index in [0.29, 0.717) is 5.02 Å². The fraction of sp³-hybridized carbons (Fsp3) is 0.0667. The first kappa shape index (κ1) is 11.2. The van der Waals surface area contributed by atoms with Crippen LogP contribution in [-0.2, 0) is 0 Å². The van der Waals surface area contributed by atoms with E-state index in [1.165, 1.54) is 0 Å². The molecule has 1 aromatic heterocycles. The first-order valence-electron chi connectivity index (χ1n) is 5.60. The first-order chi connectivity index (χ1) is 8.78. The highest BCUT2D eigenvalue weighted by Crippen LogP contribution is 2.33. The molecule has 0 aliphatic carbocycles. The number of methoxy groups -OCH3 is 1. The Hall–Kier alpha value is -1.93. The lowest BCUT2D eigenvalue weighted by molar-refractivity contribution is 0.414. The van der Waals surface area contributed by atoms with E-state index in [1.54, 1.807) is 7.11 Å². The van der Waals surface area contributed by atoms with E-state index in [0.717, 1.165) is 28.0 Å². The third kappa shape index (κ3) is 1.85. The molecule has 0 unspecified atom stereocenters. The minimum atomic E-state index is 0.684. The molecule has 90 valence electrons. The Morgan fingerprint density at radius 1 is 1.06 bits per heavy atom. The van der Waals surface area contributed by atoms with Crippen LogP contribution in [0.1, 0.15) is 0 Å². The highest BCUT2D eigenvalue weighted by molar-refractivity contribution is 6.33. The Bertz CT molecular complexity index is 701. The van der Waals surface area contributed by atoms with Gasteiger partial charge in [0.1, 0.15) is 17.1 Å². The number of furan rings is 1. The van der Waals surface area contributed by atoms with Crippen LogP contribution < -0.4 is 4.74 Å². The van der Waals surface area contributed by atoms with Gasteiger partial charge in [-0.05, 0) is 30.3 Å². The van der Waals surface area contributed by atoms with Crippen LogP contribution in [0.5, 0.6) is 5.75 Å². The van der Waals surface area contributed by atoms with Crippen LogP contribution in [0.3, 0.4) is 0 Å².